The first-order valence-corrected chi connectivity index (χ1v) is 7.67. The lowest BCUT2D eigenvalue weighted by atomic mass is 9.94. The minimum absolute atomic E-state index is 0.292. The number of halogens is 1. The fraction of sp³-hybridized carbons (Fsp3) is 0.200. The average molecular weight is 322 g/mol. The molecule has 1 N–H and O–H groups in total. The molecule has 0 radical (unpaired) electrons. The van der Waals surface area contributed by atoms with Gasteiger partial charge in [0.2, 0.25) is 0 Å². The van der Waals surface area contributed by atoms with Crippen LogP contribution < -0.4 is 0 Å². The molecule has 0 aliphatic carbocycles. The highest BCUT2D eigenvalue weighted by atomic mass is 35.5. The van der Waals surface area contributed by atoms with Gasteiger partial charge in [0, 0.05) is 13.0 Å². The maximum absolute atomic E-state index is 12.6. The van der Waals surface area contributed by atoms with Crippen LogP contribution in [0.3, 0.4) is 0 Å². The van der Waals surface area contributed by atoms with Crippen LogP contribution in [-0.4, -0.2) is 27.9 Å². The lowest BCUT2D eigenvalue weighted by molar-refractivity contribution is -0.142. The first kappa shape index (κ1) is 14.1. The molecular formula is C15H12ClNO3S. The van der Waals surface area contributed by atoms with Crippen LogP contribution in [0.25, 0.3) is 0 Å². The van der Waals surface area contributed by atoms with Gasteiger partial charge in [0.15, 0.2) is 0 Å². The van der Waals surface area contributed by atoms with Crippen molar-refractivity contribution < 1.29 is 14.7 Å². The molecule has 0 fully saturated rings. The van der Waals surface area contributed by atoms with Gasteiger partial charge in [-0.3, -0.25) is 4.79 Å². The molecule has 6 heteroatoms. The highest BCUT2D eigenvalue weighted by molar-refractivity contribution is 7.12. The molecule has 0 saturated heterocycles. The minimum Gasteiger partial charge on any atom is -0.480 e. The summed E-state index contributed by atoms with van der Waals surface area (Å²) in [6, 6.07) is 8.39. The summed E-state index contributed by atoms with van der Waals surface area (Å²) in [6.07, 6.45) is 0.320. The molecule has 21 heavy (non-hydrogen) atoms. The Labute approximate surface area is 130 Å². The summed E-state index contributed by atoms with van der Waals surface area (Å²) >= 11 is 7.23. The Balaban J connectivity index is 1.98. The summed E-state index contributed by atoms with van der Waals surface area (Å²) in [5.41, 5.74) is 1.96. The number of thiophene rings is 1. The smallest absolute Gasteiger partial charge is 0.326 e. The molecular weight excluding hydrogens is 310 g/mol. The van der Waals surface area contributed by atoms with Gasteiger partial charge >= 0.3 is 5.97 Å². The molecule has 0 spiro atoms. The fourth-order valence-corrected chi connectivity index (χ4v) is 3.62. The quantitative estimate of drug-likeness (QED) is 0.925. The molecule has 1 amide bonds. The van der Waals surface area contributed by atoms with Gasteiger partial charge in [0.1, 0.15) is 10.9 Å². The van der Waals surface area contributed by atoms with Gasteiger partial charge in [-0.25, -0.2) is 4.79 Å². The first-order valence-electron chi connectivity index (χ1n) is 6.41. The Morgan fingerprint density at radius 3 is 2.57 bits per heavy atom. The molecule has 2 heterocycles. The number of nitrogens with zero attached hydrogens (tertiary/aromatic N) is 1. The Hall–Kier alpha value is -1.85. The molecule has 1 aromatic heterocycles. The predicted molar refractivity (Wildman–Crippen MR) is 80.8 cm³/mol. The van der Waals surface area contributed by atoms with Crippen molar-refractivity contribution in [1.82, 2.24) is 4.90 Å². The van der Waals surface area contributed by atoms with E-state index in [4.69, 9.17) is 11.6 Å². The van der Waals surface area contributed by atoms with Crippen molar-refractivity contribution in [3.05, 3.63) is 56.7 Å². The zero-order chi connectivity index (χ0) is 15.0. The maximum atomic E-state index is 12.6. The van der Waals surface area contributed by atoms with E-state index < -0.39 is 12.0 Å². The zero-order valence-corrected chi connectivity index (χ0v) is 12.5. The summed E-state index contributed by atoms with van der Waals surface area (Å²) in [6.45, 7) is 0.292. The number of aliphatic carboxylic acids is 1. The third kappa shape index (κ3) is 2.54. The van der Waals surface area contributed by atoms with Crippen molar-refractivity contribution in [2.45, 2.75) is 19.0 Å². The van der Waals surface area contributed by atoms with E-state index in [1.165, 1.54) is 16.2 Å². The molecule has 3 rings (SSSR count). The number of amides is 1. The minimum atomic E-state index is -0.995. The monoisotopic (exact) mass is 321 g/mol. The van der Waals surface area contributed by atoms with Crippen LogP contribution in [0.15, 0.2) is 35.7 Å². The Bertz CT molecular complexity index is 712. The largest absolute Gasteiger partial charge is 0.480 e. The van der Waals surface area contributed by atoms with Gasteiger partial charge in [-0.2, -0.15) is 0 Å². The third-order valence-electron chi connectivity index (χ3n) is 3.61. The topological polar surface area (TPSA) is 57.6 Å². The second kappa shape index (κ2) is 5.50. The molecule has 0 saturated carbocycles. The first-order chi connectivity index (χ1) is 10.1. The SMILES string of the molecule is O=C(O)C1Cc2ccccc2CN1C(=O)c1sccc1Cl. The van der Waals surface area contributed by atoms with Gasteiger partial charge in [0.05, 0.1) is 5.02 Å². The normalized spacial score (nSPS) is 17.4. The fourth-order valence-electron chi connectivity index (χ4n) is 2.53. The predicted octanol–water partition coefficient (Wildman–Crippen LogP) is 3.05. The number of carbonyl (C=O) groups is 2. The van der Waals surface area contributed by atoms with E-state index in [0.29, 0.717) is 22.9 Å². The molecule has 1 aliphatic heterocycles. The number of carboxylic acids is 1. The summed E-state index contributed by atoms with van der Waals surface area (Å²) in [5.74, 6) is -1.32. The van der Waals surface area contributed by atoms with Crippen LogP contribution in [0.5, 0.6) is 0 Å². The molecule has 1 aliphatic rings. The highest BCUT2D eigenvalue weighted by Gasteiger charge is 2.35. The Kier molecular flexibility index (Phi) is 3.69. The molecule has 1 aromatic carbocycles. The van der Waals surface area contributed by atoms with Crippen molar-refractivity contribution in [3.8, 4) is 0 Å². The number of rotatable bonds is 2. The molecule has 0 bridgehead atoms. The van der Waals surface area contributed by atoms with E-state index in [2.05, 4.69) is 0 Å². The van der Waals surface area contributed by atoms with Crippen molar-refractivity contribution in [1.29, 1.82) is 0 Å². The van der Waals surface area contributed by atoms with Crippen LogP contribution in [0, 0.1) is 0 Å². The van der Waals surface area contributed by atoms with Crippen molar-refractivity contribution in [2.24, 2.45) is 0 Å². The van der Waals surface area contributed by atoms with Gasteiger partial charge in [0.25, 0.3) is 5.91 Å². The summed E-state index contributed by atoms with van der Waals surface area (Å²) in [5, 5.41) is 11.5. The standard InChI is InChI=1S/C15H12ClNO3S/c16-11-5-6-21-13(11)14(18)17-8-10-4-2-1-3-9(10)7-12(17)15(19)20/h1-6,12H,7-8H2,(H,19,20). The number of carbonyl (C=O) groups excluding carboxylic acids is 1. The zero-order valence-electron chi connectivity index (χ0n) is 11.0. The Morgan fingerprint density at radius 1 is 1.24 bits per heavy atom. The number of fused-ring (bicyclic) bond motifs is 1. The molecule has 2 aromatic rings. The number of hydrogen-bond acceptors (Lipinski definition) is 3. The van der Waals surface area contributed by atoms with E-state index in [-0.39, 0.29) is 5.91 Å². The maximum Gasteiger partial charge on any atom is 0.326 e. The van der Waals surface area contributed by atoms with Gasteiger partial charge in [-0.05, 0) is 22.6 Å². The van der Waals surface area contributed by atoms with Gasteiger partial charge in [-0.15, -0.1) is 11.3 Å². The molecule has 1 atom stereocenters. The lowest BCUT2D eigenvalue weighted by Crippen LogP contribution is -2.48. The van der Waals surface area contributed by atoms with E-state index in [0.717, 1.165) is 11.1 Å². The van der Waals surface area contributed by atoms with E-state index in [1.54, 1.807) is 11.4 Å². The average Bonchev–Trinajstić information content (AvgIpc) is 2.91. The van der Waals surface area contributed by atoms with Crippen LogP contribution in [0.4, 0.5) is 0 Å². The van der Waals surface area contributed by atoms with E-state index >= 15 is 0 Å². The van der Waals surface area contributed by atoms with E-state index in [9.17, 15) is 14.7 Å². The third-order valence-corrected chi connectivity index (χ3v) is 4.94. The van der Waals surface area contributed by atoms with Crippen LogP contribution in [0.1, 0.15) is 20.8 Å². The molecule has 4 nitrogen and oxygen atoms in total. The van der Waals surface area contributed by atoms with E-state index in [1.807, 2.05) is 24.3 Å². The second-order valence-corrected chi connectivity index (χ2v) is 6.18. The van der Waals surface area contributed by atoms with Crippen LogP contribution >= 0.6 is 22.9 Å². The highest BCUT2D eigenvalue weighted by Crippen LogP contribution is 2.29. The van der Waals surface area contributed by atoms with Crippen molar-refractivity contribution in [3.63, 3.8) is 0 Å². The van der Waals surface area contributed by atoms with Crippen LogP contribution in [0.2, 0.25) is 5.02 Å². The molecule has 1 unspecified atom stereocenters. The summed E-state index contributed by atoms with van der Waals surface area (Å²) < 4.78 is 0. The van der Waals surface area contributed by atoms with Crippen LogP contribution in [-0.2, 0) is 17.8 Å². The summed E-state index contributed by atoms with van der Waals surface area (Å²) in [7, 11) is 0. The lowest BCUT2D eigenvalue weighted by Gasteiger charge is -2.34. The second-order valence-electron chi connectivity index (χ2n) is 4.86. The number of hydrogen-bond donors (Lipinski definition) is 1. The van der Waals surface area contributed by atoms with Crippen molar-refractivity contribution in [2.75, 3.05) is 0 Å². The summed E-state index contributed by atoms with van der Waals surface area (Å²) in [4.78, 5) is 25.9. The number of benzene rings is 1. The molecule has 108 valence electrons. The van der Waals surface area contributed by atoms with Gasteiger partial charge in [-0.1, -0.05) is 35.9 Å². The van der Waals surface area contributed by atoms with Crippen molar-refractivity contribution >= 4 is 34.8 Å². The van der Waals surface area contributed by atoms with Gasteiger partial charge < -0.3 is 10.0 Å². The number of carboxylic acid groups (broad SMARTS) is 1. The Morgan fingerprint density at radius 2 is 1.95 bits per heavy atom.